The standard InChI is InChI=1S/C34H30Cl2N2O7S2/c1-2-43-34(40)33(45-26-13-8-22(9-14-26)5-4-18-47(41,42)28-15-10-24(35)11-16-28)38-32(39)23-6-3-7-27(19-23)44-21-31-37-29-17-12-25(36)20-30(29)46-31/h3,6-17,19-20,33H,2,4-5,18,21H2,1H3,(H,38,39). The van der Waals surface area contributed by atoms with Crippen LogP contribution in [-0.4, -0.2) is 43.9 Å². The first-order valence-electron chi connectivity index (χ1n) is 14.6. The fourth-order valence-electron chi connectivity index (χ4n) is 4.53. The molecule has 0 spiro atoms. The predicted octanol–water partition coefficient (Wildman–Crippen LogP) is 7.29. The average Bonchev–Trinajstić information content (AvgIpc) is 3.46. The van der Waals surface area contributed by atoms with Gasteiger partial charge in [0.05, 0.1) is 27.5 Å². The van der Waals surface area contributed by atoms with Crippen molar-refractivity contribution in [3.63, 3.8) is 0 Å². The molecule has 5 rings (SSSR count). The highest BCUT2D eigenvalue weighted by atomic mass is 35.5. The molecule has 5 aromatic rings. The van der Waals surface area contributed by atoms with Gasteiger partial charge in [0.2, 0.25) is 0 Å². The number of nitrogens with zero attached hydrogens (tertiary/aromatic N) is 1. The van der Waals surface area contributed by atoms with E-state index in [0.717, 1.165) is 20.8 Å². The van der Waals surface area contributed by atoms with Crippen molar-refractivity contribution < 1.29 is 32.2 Å². The van der Waals surface area contributed by atoms with Gasteiger partial charge >= 0.3 is 5.97 Å². The Morgan fingerprint density at radius 1 is 0.915 bits per heavy atom. The average molecular weight is 714 g/mol. The first-order valence-corrected chi connectivity index (χ1v) is 17.8. The Labute approximate surface area is 286 Å². The van der Waals surface area contributed by atoms with E-state index < -0.39 is 27.9 Å². The largest absolute Gasteiger partial charge is 0.486 e. The van der Waals surface area contributed by atoms with E-state index in [2.05, 4.69) is 10.3 Å². The van der Waals surface area contributed by atoms with Gasteiger partial charge in [0, 0.05) is 15.6 Å². The Hall–Kier alpha value is -4.16. The van der Waals surface area contributed by atoms with Gasteiger partial charge in [-0.1, -0.05) is 41.4 Å². The third-order valence-corrected chi connectivity index (χ3v) is 10.1. The van der Waals surface area contributed by atoms with E-state index in [0.29, 0.717) is 34.4 Å². The maximum atomic E-state index is 13.2. The van der Waals surface area contributed by atoms with Crippen molar-refractivity contribution in [1.82, 2.24) is 10.3 Å². The third-order valence-electron chi connectivity index (χ3n) is 6.84. The van der Waals surface area contributed by atoms with E-state index in [1.165, 1.54) is 23.5 Å². The van der Waals surface area contributed by atoms with Crippen LogP contribution in [-0.2, 0) is 32.4 Å². The minimum absolute atomic E-state index is 0.0204. The van der Waals surface area contributed by atoms with Gasteiger partial charge in [0.15, 0.2) is 9.84 Å². The molecule has 13 heteroatoms. The lowest BCUT2D eigenvalue weighted by atomic mass is 10.1. The molecule has 0 aliphatic heterocycles. The number of ether oxygens (including phenoxy) is 3. The molecule has 0 saturated heterocycles. The van der Waals surface area contributed by atoms with Crippen molar-refractivity contribution >= 4 is 66.5 Å². The van der Waals surface area contributed by atoms with Crippen LogP contribution in [0, 0.1) is 0 Å². The first-order chi connectivity index (χ1) is 22.6. The van der Waals surface area contributed by atoms with Crippen LogP contribution >= 0.6 is 34.5 Å². The number of nitrogens with one attached hydrogen (secondary N) is 1. The van der Waals surface area contributed by atoms with E-state index in [-0.39, 0.29) is 29.4 Å². The second-order valence-corrected chi connectivity index (χ2v) is 14.4. The Kier molecular flexibility index (Phi) is 11.4. The maximum absolute atomic E-state index is 13.2. The number of thiazole rings is 1. The zero-order valence-corrected chi connectivity index (χ0v) is 28.3. The number of benzene rings is 4. The Bertz CT molecular complexity index is 1970. The molecule has 1 heterocycles. The van der Waals surface area contributed by atoms with Crippen LogP contribution < -0.4 is 14.8 Å². The molecule has 1 N–H and O–H groups in total. The van der Waals surface area contributed by atoms with Gasteiger partial charge < -0.3 is 19.5 Å². The molecular weight excluding hydrogens is 683 g/mol. The van der Waals surface area contributed by atoms with E-state index >= 15 is 0 Å². The molecule has 47 heavy (non-hydrogen) atoms. The number of aryl methyl sites for hydroxylation is 1. The molecule has 1 unspecified atom stereocenters. The fraction of sp³-hybridized carbons (Fsp3) is 0.206. The first kappa shape index (κ1) is 34.2. The van der Waals surface area contributed by atoms with Crippen LogP contribution in [0.4, 0.5) is 0 Å². The van der Waals surface area contributed by atoms with Gasteiger partial charge in [-0.3, -0.25) is 4.79 Å². The number of carbonyl (C=O) groups is 2. The van der Waals surface area contributed by atoms with Gasteiger partial charge in [0.1, 0.15) is 23.1 Å². The number of carbonyl (C=O) groups excluding carboxylic acids is 2. The zero-order valence-electron chi connectivity index (χ0n) is 25.2. The van der Waals surface area contributed by atoms with Gasteiger partial charge in [-0.15, -0.1) is 11.3 Å². The summed E-state index contributed by atoms with van der Waals surface area (Å²) in [6.07, 6.45) is -0.501. The number of halogens is 2. The fourth-order valence-corrected chi connectivity index (χ4v) is 7.13. The second-order valence-electron chi connectivity index (χ2n) is 10.3. The summed E-state index contributed by atoms with van der Waals surface area (Å²) in [5, 5.41) is 4.44. The Morgan fingerprint density at radius 3 is 2.40 bits per heavy atom. The monoisotopic (exact) mass is 712 g/mol. The van der Waals surface area contributed by atoms with Crippen molar-refractivity contribution in [2.45, 2.75) is 37.5 Å². The summed E-state index contributed by atoms with van der Waals surface area (Å²) in [6, 6.07) is 24.9. The minimum Gasteiger partial charge on any atom is -0.486 e. The van der Waals surface area contributed by atoms with Crippen molar-refractivity contribution in [3.8, 4) is 11.5 Å². The van der Waals surface area contributed by atoms with Crippen molar-refractivity contribution in [2.24, 2.45) is 0 Å². The maximum Gasteiger partial charge on any atom is 0.369 e. The number of sulfone groups is 1. The lowest BCUT2D eigenvalue weighted by Crippen LogP contribution is -2.46. The van der Waals surface area contributed by atoms with Crippen molar-refractivity contribution in [2.75, 3.05) is 12.4 Å². The summed E-state index contributed by atoms with van der Waals surface area (Å²) in [6.45, 7) is 1.94. The minimum atomic E-state index is -3.44. The second kappa shape index (κ2) is 15.6. The summed E-state index contributed by atoms with van der Waals surface area (Å²) in [5.41, 5.74) is 1.96. The molecule has 1 atom stereocenters. The molecule has 1 amide bonds. The van der Waals surface area contributed by atoms with E-state index in [1.807, 2.05) is 12.1 Å². The van der Waals surface area contributed by atoms with E-state index in [4.69, 9.17) is 37.4 Å². The van der Waals surface area contributed by atoms with Gasteiger partial charge in [-0.05, 0) is 98.1 Å². The highest BCUT2D eigenvalue weighted by molar-refractivity contribution is 7.91. The normalized spacial score (nSPS) is 12.0. The van der Waals surface area contributed by atoms with Gasteiger partial charge in [-0.25, -0.2) is 18.2 Å². The van der Waals surface area contributed by atoms with Crippen LogP contribution in [0.2, 0.25) is 10.0 Å². The molecule has 0 aliphatic rings. The van der Waals surface area contributed by atoms with Crippen LogP contribution in [0.25, 0.3) is 10.2 Å². The number of fused-ring (bicyclic) bond motifs is 1. The summed E-state index contributed by atoms with van der Waals surface area (Å²) in [4.78, 5) is 30.7. The molecule has 0 bridgehead atoms. The lowest BCUT2D eigenvalue weighted by molar-refractivity contribution is -0.152. The topological polar surface area (TPSA) is 121 Å². The van der Waals surface area contributed by atoms with Gasteiger partial charge in [0.25, 0.3) is 12.1 Å². The molecule has 4 aromatic carbocycles. The van der Waals surface area contributed by atoms with Crippen molar-refractivity contribution in [1.29, 1.82) is 0 Å². The summed E-state index contributed by atoms with van der Waals surface area (Å²) in [7, 11) is -3.44. The summed E-state index contributed by atoms with van der Waals surface area (Å²) < 4.78 is 43.0. The SMILES string of the molecule is CCOC(=O)C(NC(=O)c1cccc(OCc2nc3ccc(Cl)cc3s2)c1)Oc1ccc(CCCS(=O)(=O)c2ccc(Cl)cc2)cc1. The Balaban J connectivity index is 1.17. The summed E-state index contributed by atoms with van der Waals surface area (Å²) >= 11 is 13.4. The van der Waals surface area contributed by atoms with Crippen LogP contribution in [0.5, 0.6) is 11.5 Å². The van der Waals surface area contributed by atoms with Crippen LogP contribution in [0.15, 0.2) is 95.9 Å². The predicted molar refractivity (Wildman–Crippen MR) is 182 cm³/mol. The lowest BCUT2D eigenvalue weighted by Gasteiger charge is -2.19. The zero-order chi connectivity index (χ0) is 33.4. The smallest absolute Gasteiger partial charge is 0.369 e. The van der Waals surface area contributed by atoms with E-state index in [1.54, 1.807) is 73.7 Å². The highest BCUT2D eigenvalue weighted by Crippen LogP contribution is 2.26. The summed E-state index contributed by atoms with van der Waals surface area (Å²) in [5.74, 6) is -0.592. The number of aromatic nitrogens is 1. The number of rotatable bonds is 14. The molecule has 9 nitrogen and oxygen atoms in total. The van der Waals surface area contributed by atoms with Gasteiger partial charge in [-0.2, -0.15) is 0 Å². The molecule has 0 aliphatic carbocycles. The highest BCUT2D eigenvalue weighted by Gasteiger charge is 2.25. The number of hydrogen-bond donors (Lipinski definition) is 1. The third kappa shape index (κ3) is 9.45. The number of hydrogen-bond acceptors (Lipinski definition) is 9. The molecular formula is C34H30Cl2N2O7S2. The molecule has 1 aromatic heterocycles. The molecule has 244 valence electrons. The quantitative estimate of drug-likeness (QED) is 0.0942. The number of amides is 1. The Morgan fingerprint density at radius 2 is 1.66 bits per heavy atom. The molecule has 0 saturated carbocycles. The van der Waals surface area contributed by atoms with Crippen LogP contribution in [0.3, 0.4) is 0 Å². The number of esters is 1. The molecule has 0 radical (unpaired) electrons. The molecule has 0 fully saturated rings. The van der Waals surface area contributed by atoms with E-state index in [9.17, 15) is 18.0 Å². The van der Waals surface area contributed by atoms with Crippen LogP contribution in [0.1, 0.15) is 34.3 Å². The van der Waals surface area contributed by atoms with Crippen molar-refractivity contribution in [3.05, 3.63) is 117 Å².